The molecule has 0 saturated heterocycles. The topological polar surface area (TPSA) is 17.1 Å². The summed E-state index contributed by atoms with van der Waals surface area (Å²) < 4.78 is 0. The Morgan fingerprint density at radius 3 is 2.41 bits per heavy atom. The van der Waals surface area contributed by atoms with Gasteiger partial charge >= 0.3 is 0 Å². The molecule has 3 saturated carbocycles. The Labute approximate surface area is 179 Å². The smallest absolute Gasteiger partial charge is 0.155 e. The molecule has 1 nitrogen and oxygen atoms in total. The van der Waals surface area contributed by atoms with Gasteiger partial charge in [-0.1, -0.05) is 59.3 Å². The van der Waals surface area contributed by atoms with Gasteiger partial charge in [-0.15, -0.1) is 0 Å². The van der Waals surface area contributed by atoms with E-state index in [4.69, 9.17) is 0 Å². The monoisotopic (exact) mass is 396 g/mol. The van der Waals surface area contributed by atoms with Crippen LogP contribution >= 0.6 is 0 Å². The lowest BCUT2D eigenvalue weighted by molar-refractivity contribution is -0.117. The Morgan fingerprint density at radius 1 is 0.931 bits per heavy atom. The van der Waals surface area contributed by atoms with E-state index >= 15 is 0 Å². The molecule has 0 N–H and O–H groups in total. The molecule has 0 heterocycles. The molecule has 0 aromatic carbocycles. The summed E-state index contributed by atoms with van der Waals surface area (Å²) in [6.45, 7) is 14.7. The van der Waals surface area contributed by atoms with E-state index in [2.05, 4.69) is 53.7 Å². The number of rotatable bonds is 4. The third-order valence-corrected chi connectivity index (χ3v) is 10.4. The zero-order valence-electron chi connectivity index (χ0n) is 19.8. The summed E-state index contributed by atoms with van der Waals surface area (Å²) in [5.41, 5.74) is 2.34. The molecule has 4 aliphatic rings. The molecule has 4 rings (SSSR count). The van der Waals surface area contributed by atoms with E-state index in [0.717, 1.165) is 42.4 Å². The number of hydrogen-bond acceptors (Lipinski definition) is 1. The second-order valence-electron chi connectivity index (χ2n) is 12.0. The summed E-state index contributed by atoms with van der Waals surface area (Å²) in [7, 11) is 0. The minimum absolute atomic E-state index is 0.314. The fourth-order valence-electron chi connectivity index (χ4n) is 8.17. The molecular formula is C28H44O. The van der Waals surface area contributed by atoms with E-state index < -0.39 is 0 Å². The standard InChI is InChI=1S/C28H44O/c1-18(2)19(3)7-8-20(4)24-11-12-25-23-10-9-21-17-22(29)13-15-27(21,5)26(23)14-16-28(24,25)6/h7-8,17-20,23-26H,9-16H2,1-6H3/b8-7+/t19-,20-,23+,24-,25+,26-,27+,28-/m1/s1. The van der Waals surface area contributed by atoms with E-state index in [9.17, 15) is 4.79 Å². The first kappa shape index (κ1) is 21.4. The third kappa shape index (κ3) is 3.49. The molecule has 4 aliphatic carbocycles. The van der Waals surface area contributed by atoms with Crippen molar-refractivity contribution in [3.05, 3.63) is 23.8 Å². The van der Waals surface area contributed by atoms with Crippen molar-refractivity contribution in [2.45, 2.75) is 92.9 Å². The second kappa shape index (κ2) is 7.69. The van der Waals surface area contributed by atoms with Crippen molar-refractivity contribution >= 4 is 5.78 Å². The van der Waals surface area contributed by atoms with Gasteiger partial charge < -0.3 is 0 Å². The summed E-state index contributed by atoms with van der Waals surface area (Å²) in [6, 6.07) is 0. The molecule has 1 heteroatoms. The first-order valence-electron chi connectivity index (χ1n) is 12.6. The highest BCUT2D eigenvalue weighted by Crippen LogP contribution is 2.67. The predicted molar refractivity (Wildman–Crippen MR) is 123 cm³/mol. The number of hydrogen-bond donors (Lipinski definition) is 0. The van der Waals surface area contributed by atoms with Crippen LogP contribution in [0.15, 0.2) is 23.8 Å². The third-order valence-electron chi connectivity index (χ3n) is 10.4. The second-order valence-corrected chi connectivity index (χ2v) is 12.0. The summed E-state index contributed by atoms with van der Waals surface area (Å²) in [4.78, 5) is 12.0. The maximum atomic E-state index is 12.0. The molecule has 0 amide bonds. The molecule has 0 radical (unpaired) electrons. The Hall–Kier alpha value is -0.850. The molecule has 0 unspecified atom stereocenters. The van der Waals surface area contributed by atoms with Gasteiger partial charge in [-0.25, -0.2) is 0 Å². The lowest BCUT2D eigenvalue weighted by Gasteiger charge is -2.58. The van der Waals surface area contributed by atoms with E-state index in [0.29, 0.717) is 28.4 Å². The SMILES string of the molecule is CC(C)[C@H](C)/C=C/[C@@H](C)[C@H]1CC[C@H]2[C@@H]3CCC4=CC(=O)CC[C@]4(C)[C@@H]3CC[C@]12C. The molecule has 3 fully saturated rings. The summed E-state index contributed by atoms with van der Waals surface area (Å²) in [5.74, 6) is 5.95. The predicted octanol–water partition coefficient (Wildman–Crippen LogP) is 7.62. The average molecular weight is 397 g/mol. The quantitative estimate of drug-likeness (QED) is 0.447. The largest absolute Gasteiger partial charge is 0.295 e. The fourth-order valence-corrected chi connectivity index (χ4v) is 8.17. The highest BCUT2D eigenvalue weighted by Gasteiger charge is 2.59. The van der Waals surface area contributed by atoms with Crippen molar-refractivity contribution in [3.63, 3.8) is 0 Å². The fraction of sp³-hybridized carbons (Fsp3) is 0.821. The van der Waals surface area contributed by atoms with Gasteiger partial charge in [0.05, 0.1) is 0 Å². The van der Waals surface area contributed by atoms with Crippen LogP contribution < -0.4 is 0 Å². The number of fused-ring (bicyclic) bond motifs is 5. The molecule has 0 spiro atoms. The average Bonchev–Trinajstić information content (AvgIpc) is 3.03. The molecule has 0 aliphatic heterocycles. The van der Waals surface area contributed by atoms with Gasteiger partial charge in [0, 0.05) is 6.42 Å². The molecule has 29 heavy (non-hydrogen) atoms. The Bertz CT molecular complexity index is 699. The number of carbonyl (C=O) groups excluding carboxylic acids is 1. The van der Waals surface area contributed by atoms with Gasteiger partial charge in [0.15, 0.2) is 5.78 Å². The zero-order valence-corrected chi connectivity index (χ0v) is 19.8. The van der Waals surface area contributed by atoms with Gasteiger partial charge in [-0.05, 0) is 103 Å². The van der Waals surface area contributed by atoms with E-state index in [-0.39, 0.29) is 0 Å². The Balaban J connectivity index is 1.53. The van der Waals surface area contributed by atoms with Crippen molar-refractivity contribution < 1.29 is 4.79 Å². The van der Waals surface area contributed by atoms with Crippen molar-refractivity contribution in [3.8, 4) is 0 Å². The van der Waals surface area contributed by atoms with Crippen LogP contribution in [-0.4, -0.2) is 5.78 Å². The van der Waals surface area contributed by atoms with Crippen LogP contribution in [0, 0.1) is 52.3 Å². The number of ketones is 1. The zero-order chi connectivity index (χ0) is 21.0. The van der Waals surface area contributed by atoms with Crippen LogP contribution in [-0.2, 0) is 4.79 Å². The van der Waals surface area contributed by atoms with Gasteiger partial charge in [0.1, 0.15) is 0 Å². The van der Waals surface area contributed by atoms with Crippen molar-refractivity contribution in [2.75, 3.05) is 0 Å². The molecule has 162 valence electrons. The van der Waals surface area contributed by atoms with E-state index in [1.807, 2.05) is 6.08 Å². The highest BCUT2D eigenvalue weighted by molar-refractivity contribution is 5.91. The molecule has 0 aromatic heterocycles. The number of allylic oxidation sites excluding steroid dienone is 3. The Morgan fingerprint density at radius 2 is 1.69 bits per heavy atom. The minimum atomic E-state index is 0.314. The van der Waals surface area contributed by atoms with Crippen LogP contribution in [0.2, 0.25) is 0 Å². The summed E-state index contributed by atoms with van der Waals surface area (Å²) in [6.07, 6.45) is 17.2. The maximum Gasteiger partial charge on any atom is 0.155 e. The van der Waals surface area contributed by atoms with Gasteiger partial charge in [-0.3, -0.25) is 4.79 Å². The first-order chi connectivity index (χ1) is 13.7. The lowest BCUT2D eigenvalue weighted by Crippen LogP contribution is -2.50. The van der Waals surface area contributed by atoms with Gasteiger partial charge in [-0.2, -0.15) is 0 Å². The van der Waals surface area contributed by atoms with Crippen molar-refractivity contribution in [1.82, 2.24) is 0 Å². The van der Waals surface area contributed by atoms with Crippen LogP contribution in [0.1, 0.15) is 92.9 Å². The van der Waals surface area contributed by atoms with E-state index in [1.54, 1.807) is 0 Å². The number of carbonyl (C=O) groups is 1. The lowest BCUT2D eigenvalue weighted by atomic mass is 9.46. The van der Waals surface area contributed by atoms with Crippen LogP contribution in [0.4, 0.5) is 0 Å². The van der Waals surface area contributed by atoms with Gasteiger partial charge in [0.2, 0.25) is 0 Å². The van der Waals surface area contributed by atoms with Crippen LogP contribution in [0.5, 0.6) is 0 Å². The van der Waals surface area contributed by atoms with Crippen LogP contribution in [0.3, 0.4) is 0 Å². The summed E-state index contributed by atoms with van der Waals surface area (Å²) in [5, 5.41) is 0. The van der Waals surface area contributed by atoms with Crippen LogP contribution in [0.25, 0.3) is 0 Å². The summed E-state index contributed by atoms with van der Waals surface area (Å²) >= 11 is 0. The van der Waals surface area contributed by atoms with Crippen molar-refractivity contribution in [2.24, 2.45) is 52.3 Å². The van der Waals surface area contributed by atoms with Gasteiger partial charge in [0.25, 0.3) is 0 Å². The van der Waals surface area contributed by atoms with Crippen molar-refractivity contribution in [1.29, 1.82) is 0 Å². The maximum absolute atomic E-state index is 12.0. The molecular weight excluding hydrogens is 352 g/mol. The molecule has 0 aromatic rings. The normalized spacial score (nSPS) is 44.2. The van der Waals surface area contributed by atoms with E-state index in [1.165, 1.54) is 44.1 Å². The highest BCUT2D eigenvalue weighted by atomic mass is 16.1. The first-order valence-corrected chi connectivity index (χ1v) is 12.6. The molecule has 0 bridgehead atoms. The minimum Gasteiger partial charge on any atom is -0.295 e. The Kier molecular flexibility index (Phi) is 5.67. The molecule has 8 atom stereocenters.